The molecular formula is C25H16ClNO4S. The van der Waals surface area contributed by atoms with Crippen LogP contribution in [0.4, 0.5) is 5.69 Å². The SMILES string of the molecule is O=C1C(=O)N(c2cc(Cl)ccc2O)C(c2cccs2)/C1=C(/O)c1cccc2ccccc12. The molecule has 1 aromatic heterocycles. The normalized spacial score (nSPS) is 17.9. The van der Waals surface area contributed by atoms with Gasteiger partial charge in [0.25, 0.3) is 11.7 Å². The number of aromatic hydroxyl groups is 1. The molecule has 5 rings (SSSR count). The highest BCUT2D eigenvalue weighted by Crippen LogP contribution is 2.46. The van der Waals surface area contributed by atoms with Gasteiger partial charge < -0.3 is 10.2 Å². The standard InChI is InChI=1S/C25H16ClNO4S/c26-15-10-11-19(28)18(13-15)27-22(20-9-4-12-32-20)21(24(30)25(27)31)23(29)17-8-3-6-14-5-1-2-7-16(14)17/h1-13,22,28-29H/b23-21-. The smallest absolute Gasteiger partial charge is 0.300 e. The number of carbonyl (C=O) groups is 2. The average Bonchev–Trinajstić information content (AvgIpc) is 3.42. The van der Waals surface area contributed by atoms with E-state index in [4.69, 9.17) is 11.6 Å². The van der Waals surface area contributed by atoms with Gasteiger partial charge in [-0.15, -0.1) is 11.3 Å². The molecular weight excluding hydrogens is 446 g/mol. The molecule has 7 heteroatoms. The van der Waals surface area contributed by atoms with Gasteiger partial charge >= 0.3 is 0 Å². The summed E-state index contributed by atoms with van der Waals surface area (Å²) in [6.07, 6.45) is 0. The van der Waals surface area contributed by atoms with Gasteiger partial charge in [0.05, 0.1) is 11.3 Å². The zero-order chi connectivity index (χ0) is 22.4. The van der Waals surface area contributed by atoms with Crippen molar-refractivity contribution in [2.24, 2.45) is 0 Å². The molecule has 1 unspecified atom stereocenters. The predicted octanol–water partition coefficient (Wildman–Crippen LogP) is 5.89. The van der Waals surface area contributed by atoms with E-state index in [0.717, 1.165) is 10.8 Å². The summed E-state index contributed by atoms with van der Waals surface area (Å²) >= 11 is 7.47. The van der Waals surface area contributed by atoms with Gasteiger partial charge in [-0.2, -0.15) is 0 Å². The number of carbonyl (C=O) groups excluding carboxylic acids is 2. The molecule has 1 aliphatic heterocycles. The van der Waals surface area contributed by atoms with Gasteiger partial charge in [0.2, 0.25) is 0 Å². The van der Waals surface area contributed by atoms with Crippen LogP contribution in [-0.4, -0.2) is 21.9 Å². The van der Waals surface area contributed by atoms with Crippen LogP contribution in [0.3, 0.4) is 0 Å². The van der Waals surface area contributed by atoms with Gasteiger partial charge in [-0.3, -0.25) is 14.5 Å². The second-order valence-corrected chi connectivity index (χ2v) is 8.76. The third-order valence-corrected chi connectivity index (χ3v) is 6.66. The summed E-state index contributed by atoms with van der Waals surface area (Å²) in [5, 5.41) is 25.6. The molecule has 0 spiro atoms. The van der Waals surface area contributed by atoms with E-state index >= 15 is 0 Å². The Balaban J connectivity index is 1.78. The van der Waals surface area contributed by atoms with Crippen LogP contribution >= 0.6 is 22.9 Å². The van der Waals surface area contributed by atoms with Gasteiger partial charge in [0.15, 0.2) is 0 Å². The molecule has 0 aliphatic carbocycles. The maximum absolute atomic E-state index is 13.2. The number of hydrogen-bond donors (Lipinski definition) is 2. The number of aliphatic hydroxyl groups is 1. The lowest BCUT2D eigenvalue weighted by atomic mass is 9.96. The Labute approximate surface area is 192 Å². The molecule has 32 heavy (non-hydrogen) atoms. The number of thiophene rings is 1. The van der Waals surface area contributed by atoms with Crippen LogP contribution in [-0.2, 0) is 9.59 Å². The van der Waals surface area contributed by atoms with E-state index in [1.165, 1.54) is 34.4 Å². The molecule has 1 fully saturated rings. The third-order valence-electron chi connectivity index (χ3n) is 5.50. The van der Waals surface area contributed by atoms with Gasteiger partial charge in [-0.1, -0.05) is 60.1 Å². The molecule has 0 radical (unpaired) electrons. The van der Waals surface area contributed by atoms with Gasteiger partial charge in [-0.25, -0.2) is 0 Å². The minimum absolute atomic E-state index is 0.0341. The van der Waals surface area contributed by atoms with Crippen LogP contribution < -0.4 is 4.90 Å². The Morgan fingerprint density at radius 3 is 2.53 bits per heavy atom. The van der Waals surface area contributed by atoms with Crippen LogP contribution in [0.15, 0.2) is 83.7 Å². The van der Waals surface area contributed by atoms with E-state index in [2.05, 4.69) is 0 Å². The van der Waals surface area contributed by atoms with E-state index < -0.39 is 17.7 Å². The van der Waals surface area contributed by atoms with Crippen molar-refractivity contribution in [1.82, 2.24) is 0 Å². The van der Waals surface area contributed by atoms with Crippen molar-refractivity contribution in [2.45, 2.75) is 6.04 Å². The summed E-state index contributed by atoms with van der Waals surface area (Å²) < 4.78 is 0. The largest absolute Gasteiger partial charge is 0.507 e. The molecule has 158 valence electrons. The maximum Gasteiger partial charge on any atom is 0.300 e. The van der Waals surface area contributed by atoms with E-state index in [9.17, 15) is 19.8 Å². The molecule has 1 saturated heterocycles. The number of phenols is 1. The summed E-state index contributed by atoms with van der Waals surface area (Å²) in [5.74, 6) is -2.12. The summed E-state index contributed by atoms with van der Waals surface area (Å²) in [5.41, 5.74) is 0.529. The fourth-order valence-corrected chi connectivity index (χ4v) is 5.05. The van der Waals surface area contributed by atoms with Crippen LogP contribution in [0, 0.1) is 0 Å². The fourth-order valence-electron chi connectivity index (χ4n) is 4.06. The van der Waals surface area contributed by atoms with Crippen molar-refractivity contribution in [3.8, 4) is 5.75 Å². The Morgan fingerprint density at radius 1 is 0.969 bits per heavy atom. The summed E-state index contributed by atoms with van der Waals surface area (Å²) in [6.45, 7) is 0. The second-order valence-electron chi connectivity index (χ2n) is 7.34. The number of ketones is 1. The van der Waals surface area contributed by atoms with Crippen LogP contribution in [0.25, 0.3) is 16.5 Å². The molecule has 2 heterocycles. The van der Waals surface area contributed by atoms with Crippen LogP contribution in [0.2, 0.25) is 5.02 Å². The maximum atomic E-state index is 13.2. The monoisotopic (exact) mass is 461 g/mol. The number of anilines is 1. The van der Waals surface area contributed by atoms with Crippen molar-refractivity contribution in [1.29, 1.82) is 0 Å². The zero-order valence-corrected chi connectivity index (χ0v) is 18.1. The first kappa shape index (κ1) is 20.3. The topological polar surface area (TPSA) is 77.8 Å². The fraction of sp³-hybridized carbons (Fsp3) is 0.0400. The Morgan fingerprint density at radius 2 is 1.75 bits per heavy atom. The van der Waals surface area contributed by atoms with Crippen molar-refractivity contribution in [3.63, 3.8) is 0 Å². The number of nitrogens with zero attached hydrogens (tertiary/aromatic N) is 1. The average molecular weight is 462 g/mol. The summed E-state index contributed by atoms with van der Waals surface area (Å²) in [6, 6.07) is 19.9. The number of rotatable bonds is 3. The van der Waals surface area contributed by atoms with E-state index in [1.807, 2.05) is 35.7 Å². The number of halogens is 1. The number of Topliss-reactive ketones (excluding diaryl/α,β-unsaturated/α-hetero) is 1. The summed E-state index contributed by atoms with van der Waals surface area (Å²) in [7, 11) is 0. The molecule has 3 aromatic carbocycles. The Hall–Kier alpha value is -3.61. The first-order chi connectivity index (χ1) is 15.5. The van der Waals surface area contributed by atoms with Gasteiger partial charge in [0, 0.05) is 15.5 Å². The highest BCUT2D eigenvalue weighted by Gasteiger charge is 2.48. The molecule has 0 saturated carbocycles. The third kappa shape index (κ3) is 3.16. The van der Waals surface area contributed by atoms with Crippen molar-refractivity contribution < 1.29 is 19.8 Å². The lowest BCUT2D eigenvalue weighted by molar-refractivity contribution is -0.132. The minimum Gasteiger partial charge on any atom is -0.507 e. The molecule has 0 bridgehead atoms. The van der Waals surface area contributed by atoms with Gasteiger partial charge in [-0.05, 0) is 40.4 Å². The lowest BCUT2D eigenvalue weighted by Crippen LogP contribution is -2.29. The van der Waals surface area contributed by atoms with E-state index in [1.54, 1.807) is 24.3 Å². The molecule has 1 atom stereocenters. The lowest BCUT2D eigenvalue weighted by Gasteiger charge is -2.25. The molecule has 5 nitrogen and oxygen atoms in total. The van der Waals surface area contributed by atoms with E-state index in [-0.39, 0.29) is 22.8 Å². The molecule has 1 amide bonds. The highest BCUT2D eigenvalue weighted by atomic mass is 35.5. The Kier molecular flexibility index (Phi) is 4.96. The number of amides is 1. The highest BCUT2D eigenvalue weighted by molar-refractivity contribution is 7.10. The van der Waals surface area contributed by atoms with Crippen molar-refractivity contribution >= 4 is 56.8 Å². The first-order valence-electron chi connectivity index (χ1n) is 9.78. The predicted molar refractivity (Wildman–Crippen MR) is 126 cm³/mol. The molecule has 1 aliphatic rings. The second kappa shape index (κ2) is 7.82. The van der Waals surface area contributed by atoms with Crippen molar-refractivity contribution in [3.05, 3.63) is 99.2 Å². The number of fused-ring (bicyclic) bond motifs is 1. The van der Waals surface area contributed by atoms with Crippen LogP contribution in [0.1, 0.15) is 16.5 Å². The van der Waals surface area contributed by atoms with Crippen molar-refractivity contribution in [2.75, 3.05) is 4.90 Å². The van der Waals surface area contributed by atoms with Gasteiger partial charge in [0.1, 0.15) is 17.6 Å². The number of aliphatic hydroxyl groups excluding tert-OH is 1. The molecule has 4 aromatic rings. The number of phenolic OH excluding ortho intramolecular Hbond substituents is 1. The number of hydrogen-bond acceptors (Lipinski definition) is 5. The first-order valence-corrected chi connectivity index (χ1v) is 11.0. The number of benzene rings is 3. The van der Waals surface area contributed by atoms with Crippen LogP contribution in [0.5, 0.6) is 5.75 Å². The minimum atomic E-state index is -0.904. The quantitative estimate of drug-likeness (QED) is 0.226. The summed E-state index contributed by atoms with van der Waals surface area (Å²) in [4.78, 5) is 28.3. The Bertz CT molecular complexity index is 1410. The van der Waals surface area contributed by atoms with E-state index in [0.29, 0.717) is 15.5 Å². The molecule has 2 N–H and O–H groups in total. The zero-order valence-electron chi connectivity index (χ0n) is 16.5.